The second-order valence-corrected chi connectivity index (χ2v) is 6.31. The number of fused-ring (bicyclic) bond motifs is 1. The van der Waals surface area contributed by atoms with E-state index >= 15 is 0 Å². The van der Waals surface area contributed by atoms with Gasteiger partial charge in [-0.2, -0.15) is 0 Å². The van der Waals surface area contributed by atoms with Crippen molar-refractivity contribution in [1.82, 2.24) is 19.9 Å². The lowest BCUT2D eigenvalue weighted by Crippen LogP contribution is -2.37. The Morgan fingerprint density at radius 3 is 2.60 bits per heavy atom. The maximum absolute atomic E-state index is 8.88. The molecule has 2 N–H and O–H groups in total. The lowest BCUT2D eigenvalue weighted by atomic mass is 10.1. The van der Waals surface area contributed by atoms with Gasteiger partial charge in [-0.3, -0.25) is 9.97 Å². The molecule has 0 unspecified atom stereocenters. The predicted octanol–water partition coefficient (Wildman–Crippen LogP) is 2.29. The number of nitrogens with zero attached hydrogens (tertiary/aromatic N) is 4. The SMILES string of the molecule is CC(C)(COCCO)Nc1nc(-c2ccncc2)nc2cnccc12. The zero-order valence-corrected chi connectivity index (χ0v) is 14.3. The zero-order valence-electron chi connectivity index (χ0n) is 14.3. The molecular formula is C18H21N5O2. The molecule has 0 amide bonds. The van der Waals surface area contributed by atoms with Crippen LogP contribution >= 0.6 is 0 Å². The third-order valence-corrected chi connectivity index (χ3v) is 3.59. The maximum atomic E-state index is 8.88. The standard InChI is InChI=1S/C18H21N5O2/c1-18(2,12-25-10-9-24)23-17-14-5-8-20-11-15(14)21-16(22-17)13-3-6-19-7-4-13/h3-8,11,24H,9-10,12H2,1-2H3,(H,21,22,23). The van der Waals surface area contributed by atoms with E-state index in [0.717, 1.165) is 22.3 Å². The molecule has 0 saturated carbocycles. The molecular weight excluding hydrogens is 318 g/mol. The van der Waals surface area contributed by atoms with Crippen LogP contribution in [0.4, 0.5) is 5.82 Å². The van der Waals surface area contributed by atoms with E-state index in [1.54, 1.807) is 24.8 Å². The molecule has 0 saturated heterocycles. The normalized spacial score (nSPS) is 11.6. The maximum Gasteiger partial charge on any atom is 0.162 e. The fraction of sp³-hybridized carbons (Fsp3) is 0.333. The highest BCUT2D eigenvalue weighted by Crippen LogP contribution is 2.26. The van der Waals surface area contributed by atoms with Gasteiger partial charge >= 0.3 is 0 Å². The van der Waals surface area contributed by atoms with Crippen molar-refractivity contribution in [3.8, 4) is 11.4 Å². The molecule has 0 bridgehead atoms. The molecule has 0 fully saturated rings. The molecule has 0 aliphatic carbocycles. The molecule has 0 aliphatic rings. The van der Waals surface area contributed by atoms with E-state index in [-0.39, 0.29) is 12.1 Å². The van der Waals surface area contributed by atoms with Crippen LogP contribution in [0.3, 0.4) is 0 Å². The third-order valence-electron chi connectivity index (χ3n) is 3.59. The molecule has 130 valence electrons. The number of hydrogen-bond acceptors (Lipinski definition) is 7. The average molecular weight is 339 g/mol. The molecule has 0 radical (unpaired) electrons. The number of hydrogen-bond donors (Lipinski definition) is 2. The van der Waals surface area contributed by atoms with Gasteiger partial charge in [-0.05, 0) is 32.0 Å². The van der Waals surface area contributed by atoms with Crippen molar-refractivity contribution in [1.29, 1.82) is 0 Å². The van der Waals surface area contributed by atoms with Crippen molar-refractivity contribution >= 4 is 16.7 Å². The fourth-order valence-corrected chi connectivity index (χ4v) is 2.45. The van der Waals surface area contributed by atoms with Crippen LogP contribution in [0.2, 0.25) is 0 Å². The Kier molecular flexibility index (Phi) is 5.16. The molecule has 0 aromatic carbocycles. The first kappa shape index (κ1) is 17.2. The van der Waals surface area contributed by atoms with Gasteiger partial charge in [0.05, 0.1) is 37.1 Å². The van der Waals surface area contributed by atoms with E-state index in [0.29, 0.717) is 19.0 Å². The number of nitrogens with one attached hydrogen (secondary N) is 1. The molecule has 3 aromatic rings. The van der Waals surface area contributed by atoms with Crippen molar-refractivity contribution in [2.45, 2.75) is 19.4 Å². The molecule has 3 rings (SSSR count). The predicted molar refractivity (Wildman–Crippen MR) is 96.2 cm³/mol. The van der Waals surface area contributed by atoms with Gasteiger partial charge in [0.25, 0.3) is 0 Å². The van der Waals surface area contributed by atoms with Gasteiger partial charge < -0.3 is 15.2 Å². The Hall–Kier alpha value is -2.64. The van der Waals surface area contributed by atoms with Gasteiger partial charge in [0, 0.05) is 29.5 Å². The molecule has 7 heteroatoms. The van der Waals surface area contributed by atoms with E-state index in [2.05, 4.69) is 20.3 Å². The van der Waals surface area contributed by atoms with E-state index < -0.39 is 0 Å². The first-order valence-corrected chi connectivity index (χ1v) is 8.08. The van der Waals surface area contributed by atoms with Crippen molar-refractivity contribution in [3.63, 3.8) is 0 Å². The van der Waals surface area contributed by atoms with E-state index in [9.17, 15) is 0 Å². The topological polar surface area (TPSA) is 93.1 Å². The van der Waals surface area contributed by atoms with Crippen LogP contribution < -0.4 is 5.32 Å². The minimum atomic E-state index is -0.366. The summed E-state index contributed by atoms with van der Waals surface area (Å²) in [6.45, 7) is 4.79. The molecule has 25 heavy (non-hydrogen) atoms. The number of pyridine rings is 2. The molecule has 7 nitrogen and oxygen atoms in total. The number of rotatable bonds is 7. The zero-order chi connectivity index (χ0) is 17.7. The van der Waals surface area contributed by atoms with Crippen molar-refractivity contribution in [2.75, 3.05) is 25.1 Å². The second kappa shape index (κ2) is 7.50. The Balaban J connectivity index is 1.98. The Bertz CT molecular complexity index is 839. The first-order valence-electron chi connectivity index (χ1n) is 8.08. The minimum Gasteiger partial charge on any atom is -0.394 e. The van der Waals surface area contributed by atoms with Crippen molar-refractivity contribution < 1.29 is 9.84 Å². The average Bonchev–Trinajstić information content (AvgIpc) is 2.62. The third kappa shape index (κ3) is 4.26. The van der Waals surface area contributed by atoms with Gasteiger partial charge in [-0.25, -0.2) is 9.97 Å². The summed E-state index contributed by atoms with van der Waals surface area (Å²) in [4.78, 5) is 17.5. The summed E-state index contributed by atoms with van der Waals surface area (Å²) in [6, 6.07) is 5.63. The summed E-state index contributed by atoms with van der Waals surface area (Å²) in [6.07, 6.45) is 6.87. The number of aliphatic hydroxyl groups excluding tert-OH is 1. The Morgan fingerprint density at radius 1 is 1.08 bits per heavy atom. The van der Waals surface area contributed by atoms with E-state index in [1.807, 2.05) is 32.0 Å². The lowest BCUT2D eigenvalue weighted by molar-refractivity contribution is 0.0710. The van der Waals surface area contributed by atoms with Crippen LogP contribution in [0.5, 0.6) is 0 Å². The highest BCUT2D eigenvalue weighted by molar-refractivity contribution is 5.90. The molecule has 3 aromatic heterocycles. The minimum absolute atomic E-state index is 0.00434. The van der Waals surface area contributed by atoms with Crippen LogP contribution in [-0.2, 0) is 4.74 Å². The first-order chi connectivity index (χ1) is 12.1. The van der Waals surface area contributed by atoms with Crippen LogP contribution in [-0.4, -0.2) is 50.4 Å². The van der Waals surface area contributed by atoms with Gasteiger partial charge in [0.15, 0.2) is 5.82 Å². The summed E-state index contributed by atoms with van der Waals surface area (Å²) in [5, 5.41) is 13.2. The quantitative estimate of drug-likeness (QED) is 0.638. The van der Waals surface area contributed by atoms with Crippen LogP contribution in [0.25, 0.3) is 22.3 Å². The molecule has 0 spiro atoms. The smallest absolute Gasteiger partial charge is 0.162 e. The highest BCUT2D eigenvalue weighted by Gasteiger charge is 2.20. The van der Waals surface area contributed by atoms with Gasteiger partial charge in [-0.1, -0.05) is 0 Å². The van der Waals surface area contributed by atoms with Crippen molar-refractivity contribution in [2.24, 2.45) is 0 Å². The summed E-state index contributed by atoms with van der Waals surface area (Å²) in [5.41, 5.74) is 1.28. The van der Waals surface area contributed by atoms with Crippen LogP contribution in [0, 0.1) is 0 Å². The summed E-state index contributed by atoms with van der Waals surface area (Å²) >= 11 is 0. The molecule has 3 heterocycles. The Labute approximate surface area is 146 Å². The fourth-order valence-electron chi connectivity index (χ4n) is 2.45. The monoisotopic (exact) mass is 339 g/mol. The van der Waals surface area contributed by atoms with Gasteiger partial charge in [-0.15, -0.1) is 0 Å². The van der Waals surface area contributed by atoms with Crippen LogP contribution in [0.1, 0.15) is 13.8 Å². The number of aliphatic hydroxyl groups is 1. The second-order valence-electron chi connectivity index (χ2n) is 6.31. The Morgan fingerprint density at radius 2 is 1.84 bits per heavy atom. The molecule has 0 atom stereocenters. The summed E-state index contributed by atoms with van der Waals surface area (Å²) in [7, 11) is 0. The number of aromatic nitrogens is 4. The summed E-state index contributed by atoms with van der Waals surface area (Å²) in [5.74, 6) is 1.33. The largest absolute Gasteiger partial charge is 0.394 e. The van der Waals surface area contributed by atoms with E-state index in [1.165, 1.54) is 0 Å². The van der Waals surface area contributed by atoms with Gasteiger partial charge in [0.1, 0.15) is 5.82 Å². The van der Waals surface area contributed by atoms with Crippen LogP contribution in [0.15, 0.2) is 43.0 Å². The summed E-state index contributed by atoms with van der Waals surface area (Å²) < 4.78 is 5.47. The number of anilines is 1. The van der Waals surface area contributed by atoms with Gasteiger partial charge in [0.2, 0.25) is 0 Å². The number of ether oxygens (including phenoxy) is 1. The molecule has 0 aliphatic heterocycles. The highest BCUT2D eigenvalue weighted by atomic mass is 16.5. The van der Waals surface area contributed by atoms with E-state index in [4.69, 9.17) is 14.8 Å². The van der Waals surface area contributed by atoms with Crippen molar-refractivity contribution in [3.05, 3.63) is 43.0 Å². The lowest BCUT2D eigenvalue weighted by Gasteiger charge is -2.27.